The predicted molar refractivity (Wildman–Crippen MR) is 77.2 cm³/mol. The second kappa shape index (κ2) is 8.13. The molecule has 0 spiro atoms. The number of nitrogens with two attached hydrogens (primary N) is 1. The summed E-state index contributed by atoms with van der Waals surface area (Å²) in [5, 5.41) is 0. The van der Waals surface area contributed by atoms with Crippen LogP contribution < -0.4 is 11.3 Å². The number of ether oxygens (including phenoxy) is 1. The highest BCUT2D eigenvalue weighted by Crippen LogP contribution is 2.35. The molecule has 2 unspecified atom stereocenters. The molecule has 108 valence electrons. The van der Waals surface area contributed by atoms with Crippen LogP contribution in [0.25, 0.3) is 0 Å². The zero-order chi connectivity index (χ0) is 13.4. The first-order valence-corrected chi connectivity index (χ1v) is 7.78. The Morgan fingerprint density at radius 1 is 1.17 bits per heavy atom. The second-order valence-corrected chi connectivity index (χ2v) is 5.88. The Labute approximate surface area is 113 Å². The molecule has 0 saturated heterocycles. The van der Waals surface area contributed by atoms with Crippen molar-refractivity contribution in [2.24, 2.45) is 11.8 Å². The molecule has 0 aromatic heterocycles. The van der Waals surface area contributed by atoms with Gasteiger partial charge in [-0.3, -0.25) is 11.3 Å². The molecule has 18 heavy (non-hydrogen) atoms. The van der Waals surface area contributed by atoms with E-state index in [2.05, 4.69) is 26.2 Å². The lowest BCUT2D eigenvalue weighted by Crippen LogP contribution is -2.55. The van der Waals surface area contributed by atoms with Crippen LogP contribution >= 0.6 is 0 Å². The van der Waals surface area contributed by atoms with Gasteiger partial charge >= 0.3 is 0 Å². The Balaban J connectivity index is 2.77. The quantitative estimate of drug-likeness (QED) is 0.417. The number of hydrazine groups is 1. The van der Waals surface area contributed by atoms with Crippen LogP contribution in [-0.4, -0.2) is 18.2 Å². The zero-order valence-corrected chi connectivity index (χ0v) is 12.5. The van der Waals surface area contributed by atoms with Gasteiger partial charge in [0.2, 0.25) is 0 Å². The zero-order valence-electron chi connectivity index (χ0n) is 12.5. The molecule has 0 aromatic carbocycles. The minimum absolute atomic E-state index is 0.0244. The van der Waals surface area contributed by atoms with E-state index in [0.29, 0.717) is 12.0 Å². The van der Waals surface area contributed by atoms with E-state index in [1.54, 1.807) is 0 Å². The molecule has 2 atom stereocenters. The maximum Gasteiger partial charge on any atom is 0.0848 e. The number of nitrogens with one attached hydrogen (secondary N) is 1. The SMILES string of the molecule is CCOC1(C(CC(C)CC)NN)CCCCCC1. The third-order valence-electron chi connectivity index (χ3n) is 4.55. The summed E-state index contributed by atoms with van der Waals surface area (Å²) in [6, 6.07) is 0.297. The van der Waals surface area contributed by atoms with Crippen molar-refractivity contribution in [1.29, 1.82) is 0 Å². The fraction of sp³-hybridized carbons (Fsp3) is 1.00. The summed E-state index contributed by atoms with van der Waals surface area (Å²) < 4.78 is 6.21. The van der Waals surface area contributed by atoms with Gasteiger partial charge in [0.05, 0.1) is 11.6 Å². The topological polar surface area (TPSA) is 47.3 Å². The fourth-order valence-corrected chi connectivity index (χ4v) is 3.21. The van der Waals surface area contributed by atoms with Crippen LogP contribution in [0, 0.1) is 5.92 Å². The van der Waals surface area contributed by atoms with Gasteiger partial charge in [-0.25, -0.2) is 0 Å². The Bertz CT molecular complexity index is 213. The van der Waals surface area contributed by atoms with E-state index in [1.165, 1.54) is 32.1 Å². The molecule has 1 saturated carbocycles. The van der Waals surface area contributed by atoms with E-state index in [0.717, 1.165) is 25.9 Å². The van der Waals surface area contributed by atoms with Crippen LogP contribution in [-0.2, 0) is 4.74 Å². The third kappa shape index (κ3) is 4.22. The normalized spacial score (nSPS) is 23.3. The van der Waals surface area contributed by atoms with Gasteiger partial charge in [-0.05, 0) is 32.1 Å². The predicted octanol–water partition coefficient (Wildman–Crippen LogP) is 3.38. The summed E-state index contributed by atoms with van der Waals surface area (Å²) in [6.45, 7) is 7.45. The Kier molecular flexibility index (Phi) is 7.20. The molecule has 0 heterocycles. The van der Waals surface area contributed by atoms with E-state index in [4.69, 9.17) is 10.6 Å². The minimum Gasteiger partial charge on any atom is -0.374 e. The highest BCUT2D eigenvalue weighted by atomic mass is 16.5. The molecule has 0 aromatic rings. The summed E-state index contributed by atoms with van der Waals surface area (Å²) in [6.07, 6.45) is 9.88. The van der Waals surface area contributed by atoms with Crippen molar-refractivity contribution in [3.05, 3.63) is 0 Å². The molecule has 0 aliphatic heterocycles. The van der Waals surface area contributed by atoms with Crippen molar-refractivity contribution < 1.29 is 4.74 Å². The van der Waals surface area contributed by atoms with Crippen molar-refractivity contribution in [1.82, 2.24) is 5.43 Å². The standard InChI is InChI=1S/C15H32N2O/c1-4-13(3)12-14(17-16)15(18-5-2)10-8-6-7-9-11-15/h13-14,17H,4-12,16H2,1-3H3. The first-order valence-electron chi connectivity index (χ1n) is 7.78. The molecule has 3 N–H and O–H groups in total. The van der Waals surface area contributed by atoms with E-state index < -0.39 is 0 Å². The lowest BCUT2D eigenvalue weighted by molar-refractivity contribution is -0.0813. The maximum absolute atomic E-state index is 6.21. The highest BCUT2D eigenvalue weighted by molar-refractivity contribution is 4.94. The maximum atomic E-state index is 6.21. The highest BCUT2D eigenvalue weighted by Gasteiger charge is 2.39. The van der Waals surface area contributed by atoms with Crippen LogP contribution in [0.15, 0.2) is 0 Å². The fourth-order valence-electron chi connectivity index (χ4n) is 3.21. The minimum atomic E-state index is -0.0244. The van der Waals surface area contributed by atoms with Gasteiger partial charge in [-0.15, -0.1) is 0 Å². The van der Waals surface area contributed by atoms with Crippen molar-refractivity contribution in [3.63, 3.8) is 0 Å². The van der Waals surface area contributed by atoms with Gasteiger partial charge in [0.25, 0.3) is 0 Å². The number of hydrogen-bond acceptors (Lipinski definition) is 3. The van der Waals surface area contributed by atoms with Crippen molar-refractivity contribution in [2.75, 3.05) is 6.61 Å². The summed E-state index contributed by atoms with van der Waals surface area (Å²) >= 11 is 0. The van der Waals surface area contributed by atoms with Gasteiger partial charge in [-0.2, -0.15) is 0 Å². The smallest absolute Gasteiger partial charge is 0.0848 e. The first kappa shape index (κ1) is 15.9. The Morgan fingerprint density at radius 3 is 2.22 bits per heavy atom. The number of rotatable bonds is 7. The van der Waals surface area contributed by atoms with Crippen LogP contribution in [0.5, 0.6) is 0 Å². The molecular weight excluding hydrogens is 224 g/mol. The molecule has 3 nitrogen and oxygen atoms in total. The average Bonchev–Trinajstić information content (AvgIpc) is 2.62. The lowest BCUT2D eigenvalue weighted by Gasteiger charge is -2.41. The summed E-state index contributed by atoms with van der Waals surface area (Å²) in [4.78, 5) is 0. The van der Waals surface area contributed by atoms with Gasteiger partial charge < -0.3 is 4.74 Å². The van der Waals surface area contributed by atoms with Gasteiger partial charge in [0.15, 0.2) is 0 Å². The molecule has 1 aliphatic carbocycles. The molecule has 0 amide bonds. The van der Waals surface area contributed by atoms with Crippen molar-refractivity contribution in [2.45, 2.75) is 83.8 Å². The number of hydrogen-bond donors (Lipinski definition) is 2. The van der Waals surface area contributed by atoms with Crippen LogP contribution in [0.4, 0.5) is 0 Å². The molecule has 3 heteroatoms. The summed E-state index contributed by atoms with van der Waals surface area (Å²) in [5.74, 6) is 6.54. The van der Waals surface area contributed by atoms with E-state index in [-0.39, 0.29) is 5.60 Å². The van der Waals surface area contributed by atoms with Gasteiger partial charge in [0.1, 0.15) is 0 Å². The molecule has 1 fully saturated rings. The van der Waals surface area contributed by atoms with Crippen molar-refractivity contribution in [3.8, 4) is 0 Å². The Hall–Kier alpha value is -0.120. The second-order valence-electron chi connectivity index (χ2n) is 5.88. The van der Waals surface area contributed by atoms with Crippen LogP contribution in [0.2, 0.25) is 0 Å². The van der Waals surface area contributed by atoms with E-state index in [9.17, 15) is 0 Å². The molecule has 0 bridgehead atoms. The lowest BCUT2D eigenvalue weighted by atomic mass is 9.81. The molecule has 1 aliphatic rings. The largest absolute Gasteiger partial charge is 0.374 e. The monoisotopic (exact) mass is 256 g/mol. The van der Waals surface area contributed by atoms with Crippen LogP contribution in [0.3, 0.4) is 0 Å². The average molecular weight is 256 g/mol. The van der Waals surface area contributed by atoms with Gasteiger partial charge in [-0.1, -0.05) is 46.0 Å². The third-order valence-corrected chi connectivity index (χ3v) is 4.55. The molecule has 1 rings (SSSR count). The summed E-state index contributed by atoms with van der Waals surface area (Å²) in [5.41, 5.74) is 3.04. The van der Waals surface area contributed by atoms with Gasteiger partial charge in [0, 0.05) is 6.61 Å². The van der Waals surface area contributed by atoms with Crippen molar-refractivity contribution >= 4 is 0 Å². The van der Waals surface area contributed by atoms with Crippen LogP contribution in [0.1, 0.15) is 72.1 Å². The first-order chi connectivity index (χ1) is 8.68. The van der Waals surface area contributed by atoms with E-state index >= 15 is 0 Å². The Morgan fingerprint density at radius 2 is 1.78 bits per heavy atom. The molecular formula is C15H32N2O. The summed E-state index contributed by atoms with van der Waals surface area (Å²) in [7, 11) is 0. The van der Waals surface area contributed by atoms with E-state index in [1.807, 2.05) is 0 Å². The molecule has 0 radical (unpaired) electrons.